The maximum Gasteiger partial charge on any atom is 0.306 e. The van der Waals surface area contributed by atoms with Crippen molar-refractivity contribution in [1.29, 1.82) is 0 Å². The predicted molar refractivity (Wildman–Crippen MR) is 93.6 cm³/mol. The van der Waals surface area contributed by atoms with Gasteiger partial charge in [0.15, 0.2) is 0 Å². The van der Waals surface area contributed by atoms with Crippen LogP contribution in [0, 0.1) is 11.3 Å². The molecule has 1 amide bonds. The highest BCUT2D eigenvalue weighted by atomic mass is 32.2. The van der Waals surface area contributed by atoms with E-state index in [1.807, 2.05) is 0 Å². The second kappa shape index (κ2) is 8.70. The van der Waals surface area contributed by atoms with Gasteiger partial charge in [-0.05, 0) is 43.1 Å². The molecule has 11 heteroatoms. The number of carboxylic acids is 1. The lowest BCUT2D eigenvalue weighted by atomic mass is 9.58. The van der Waals surface area contributed by atoms with Crippen LogP contribution in [0.15, 0.2) is 5.11 Å². The van der Waals surface area contributed by atoms with E-state index in [1.54, 1.807) is 0 Å². The number of aliphatic carboxylic acids is 1. The van der Waals surface area contributed by atoms with Crippen LogP contribution in [-0.4, -0.2) is 61.6 Å². The van der Waals surface area contributed by atoms with Gasteiger partial charge in [-0.3, -0.25) is 9.59 Å². The molecule has 1 aliphatic carbocycles. The maximum atomic E-state index is 12.4. The van der Waals surface area contributed by atoms with Gasteiger partial charge in [-0.15, -0.1) is 0 Å². The number of rotatable bonds is 9. The van der Waals surface area contributed by atoms with Crippen molar-refractivity contribution in [2.75, 3.05) is 31.9 Å². The maximum absolute atomic E-state index is 12.4. The van der Waals surface area contributed by atoms with E-state index in [1.165, 1.54) is 4.31 Å². The molecular formula is C15H25N5O5S. The number of piperidine rings is 1. The Bertz CT molecular complexity index is 673. The molecule has 1 saturated heterocycles. The summed E-state index contributed by atoms with van der Waals surface area (Å²) >= 11 is 0. The fourth-order valence-electron chi connectivity index (χ4n) is 3.70. The molecule has 1 saturated carbocycles. The van der Waals surface area contributed by atoms with Gasteiger partial charge < -0.3 is 10.4 Å². The summed E-state index contributed by atoms with van der Waals surface area (Å²) in [4.78, 5) is 25.1. The molecule has 10 nitrogen and oxygen atoms in total. The Balaban J connectivity index is 1.68. The highest BCUT2D eigenvalue weighted by Gasteiger charge is 2.49. The van der Waals surface area contributed by atoms with Crippen LogP contribution < -0.4 is 5.32 Å². The summed E-state index contributed by atoms with van der Waals surface area (Å²) in [5.41, 5.74) is 8.13. The average Bonchev–Trinajstić information content (AvgIpc) is 2.56. The van der Waals surface area contributed by atoms with Gasteiger partial charge in [0.05, 0.1) is 11.7 Å². The van der Waals surface area contributed by atoms with Crippen molar-refractivity contribution in [3.05, 3.63) is 10.4 Å². The third kappa shape index (κ3) is 5.33. The number of carboxylic acid groups (broad SMARTS) is 1. The summed E-state index contributed by atoms with van der Waals surface area (Å²) in [6, 6.07) is 0. The van der Waals surface area contributed by atoms with Crippen molar-refractivity contribution in [3.63, 3.8) is 0 Å². The van der Waals surface area contributed by atoms with Crippen molar-refractivity contribution in [2.24, 2.45) is 16.4 Å². The summed E-state index contributed by atoms with van der Waals surface area (Å²) in [6.45, 7) is 1.11. The van der Waals surface area contributed by atoms with Crippen molar-refractivity contribution in [2.45, 2.75) is 38.5 Å². The Labute approximate surface area is 152 Å². The second-order valence-corrected chi connectivity index (χ2v) is 9.15. The van der Waals surface area contributed by atoms with Crippen LogP contribution in [0.3, 0.4) is 0 Å². The zero-order valence-electron chi connectivity index (χ0n) is 14.6. The average molecular weight is 387 g/mol. The number of azide groups is 1. The summed E-state index contributed by atoms with van der Waals surface area (Å²) in [6.07, 6.45) is 3.29. The molecule has 146 valence electrons. The first-order valence-electron chi connectivity index (χ1n) is 8.76. The van der Waals surface area contributed by atoms with Crippen molar-refractivity contribution in [3.8, 4) is 0 Å². The van der Waals surface area contributed by atoms with E-state index in [4.69, 9.17) is 10.6 Å². The molecule has 0 aromatic carbocycles. The lowest BCUT2D eigenvalue weighted by molar-refractivity contribution is -0.151. The fraction of sp³-hybridized carbons (Fsp3) is 0.867. The summed E-state index contributed by atoms with van der Waals surface area (Å²) in [5, 5.41) is 14.9. The van der Waals surface area contributed by atoms with Crippen LogP contribution in [0.4, 0.5) is 0 Å². The Morgan fingerprint density at radius 3 is 2.54 bits per heavy atom. The minimum absolute atomic E-state index is 0.00476. The number of hydrogen-bond acceptors (Lipinski definition) is 5. The first-order chi connectivity index (χ1) is 12.3. The third-order valence-corrected chi connectivity index (χ3v) is 7.16. The smallest absolute Gasteiger partial charge is 0.306 e. The molecule has 1 aliphatic heterocycles. The standard InChI is InChI=1S/C15H25N5O5S/c16-19-18-5-1-2-13(21)17-6-9-26(24,25)20-7-3-15(4-8-20)10-12(11-15)14(22)23/h12H,1-11H2,(H,17,21)(H,22,23). The quantitative estimate of drug-likeness (QED) is 0.262. The monoisotopic (exact) mass is 387 g/mol. The molecule has 0 aromatic rings. The Hall–Kier alpha value is -1.84. The Morgan fingerprint density at radius 1 is 1.31 bits per heavy atom. The number of carbonyl (C=O) groups excluding carboxylic acids is 1. The lowest BCUT2D eigenvalue weighted by Gasteiger charge is -2.50. The fourth-order valence-corrected chi connectivity index (χ4v) is 5.06. The summed E-state index contributed by atoms with van der Waals surface area (Å²) in [5.74, 6) is -1.46. The number of sulfonamides is 1. The van der Waals surface area contributed by atoms with Gasteiger partial charge in [0.1, 0.15) is 0 Å². The molecule has 2 rings (SSSR count). The normalized spacial score (nSPS) is 20.2. The van der Waals surface area contributed by atoms with E-state index in [0.717, 1.165) is 0 Å². The van der Waals surface area contributed by atoms with E-state index in [0.29, 0.717) is 45.2 Å². The number of nitrogens with one attached hydrogen (secondary N) is 1. The van der Waals surface area contributed by atoms with E-state index in [-0.39, 0.29) is 42.5 Å². The first kappa shape index (κ1) is 20.5. The van der Waals surface area contributed by atoms with Gasteiger partial charge in [-0.2, -0.15) is 0 Å². The highest BCUT2D eigenvalue weighted by Crippen LogP contribution is 2.52. The number of amides is 1. The third-order valence-electron chi connectivity index (χ3n) is 5.29. The largest absolute Gasteiger partial charge is 0.481 e. The van der Waals surface area contributed by atoms with Gasteiger partial charge in [0.25, 0.3) is 0 Å². The molecule has 0 aromatic heterocycles. The van der Waals surface area contributed by atoms with Crippen LogP contribution in [0.5, 0.6) is 0 Å². The molecule has 1 heterocycles. The number of hydrogen-bond donors (Lipinski definition) is 2. The number of carbonyl (C=O) groups is 2. The van der Waals surface area contributed by atoms with Gasteiger partial charge in [-0.25, -0.2) is 12.7 Å². The Morgan fingerprint density at radius 2 is 1.96 bits per heavy atom. The van der Waals surface area contributed by atoms with Crippen molar-refractivity contribution >= 4 is 21.9 Å². The van der Waals surface area contributed by atoms with Crippen molar-refractivity contribution < 1.29 is 23.1 Å². The molecule has 0 radical (unpaired) electrons. The molecule has 26 heavy (non-hydrogen) atoms. The second-order valence-electron chi connectivity index (χ2n) is 7.07. The van der Waals surface area contributed by atoms with Crippen molar-refractivity contribution in [1.82, 2.24) is 9.62 Å². The SMILES string of the molecule is [N-]=[N+]=NCCCC(=O)NCCS(=O)(=O)N1CCC2(CC1)CC(C(=O)O)C2. The van der Waals surface area contributed by atoms with Gasteiger partial charge in [0, 0.05) is 37.5 Å². The minimum Gasteiger partial charge on any atom is -0.481 e. The van der Waals surface area contributed by atoms with Gasteiger partial charge in [-0.1, -0.05) is 5.11 Å². The molecule has 2 aliphatic rings. The van der Waals surface area contributed by atoms with E-state index in [2.05, 4.69) is 15.3 Å². The summed E-state index contributed by atoms with van der Waals surface area (Å²) in [7, 11) is -3.44. The van der Waals surface area contributed by atoms with E-state index >= 15 is 0 Å². The zero-order valence-corrected chi connectivity index (χ0v) is 15.4. The van der Waals surface area contributed by atoms with Crippen LogP contribution in [0.25, 0.3) is 10.4 Å². The van der Waals surface area contributed by atoms with Gasteiger partial charge in [0.2, 0.25) is 15.9 Å². The van der Waals surface area contributed by atoms with Crippen LogP contribution in [0.2, 0.25) is 0 Å². The molecule has 0 atom stereocenters. The zero-order chi connectivity index (χ0) is 19.2. The summed E-state index contributed by atoms with van der Waals surface area (Å²) < 4.78 is 26.2. The molecule has 2 N–H and O–H groups in total. The van der Waals surface area contributed by atoms with E-state index in [9.17, 15) is 18.0 Å². The minimum atomic E-state index is -3.44. The molecule has 1 spiro atoms. The predicted octanol–water partition coefficient (Wildman–Crippen LogP) is 1.10. The molecular weight excluding hydrogens is 362 g/mol. The van der Waals surface area contributed by atoms with Crippen LogP contribution in [0.1, 0.15) is 38.5 Å². The lowest BCUT2D eigenvalue weighted by Crippen LogP contribution is -2.51. The van der Waals surface area contributed by atoms with Gasteiger partial charge >= 0.3 is 5.97 Å². The van der Waals surface area contributed by atoms with E-state index < -0.39 is 16.0 Å². The number of nitrogens with zero attached hydrogens (tertiary/aromatic N) is 4. The Kier molecular flexibility index (Phi) is 6.85. The van der Waals surface area contributed by atoms with Crippen LogP contribution >= 0.6 is 0 Å². The molecule has 0 bridgehead atoms. The highest BCUT2D eigenvalue weighted by molar-refractivity contribution is 7.89. The topological polar surface area (TPSA) is 153 Å². The van der Waals surface area contributed by atoms with Crippen LogP contribution in [-0.2, 0) is 19.6 Å². The molecule has 2 fully saturated rings. The molecule has 0 unspecified atom stereocenters. The first-order valence-corrected chi connectivity index (χ1v) is 10.4.